The van der Waals surface area contributed by atoms with Crippen molar-refractivity contribution in [2.75, 3.05) is 14.2 Å². The third-order valence-corrected chi connectivity index (χ3v) is 3.84. The Balaban J connectivity index is 2.48. The molecule has 2 nitrogen and oxygen atoms in total. The van der Waals surface area contributed by atoms with Crippen molar-refractivity contribution in [3.8, 4) is 5.75 Å². The second-order valence-corrected chi connectivity index (χ2v) is 5.42. The fraction of sp³-hybridized carbons (Fsp3) is 0.333. The van der Waals surface area contributed by atoms with Crippen molar-refractivity contribution in [1.82, 2.24) is 5.32 Å². The number of hydrogen-bond acceptors (Lipinski definition) is 2. The molecule has 2 rings (SSSR count). The molecule has 0 fully saturated rings. The quantitative estimate of drug-likeness (QED) is 0.915. The number of ether oxygens (including phenoxy) is 1. The molecule has 0 aromatic heterocycles. The van der Waals surface area contributed by atoms with Gasteiger partial charge in [-0.1, -0.05) is 24.3 Å². The maximum atomic E-state index is 13.8. The molecule has 1 atom stereocenters. The van der Waals surface area contributed by atoms with Crippen molar-refractivity contribution in [1.29, 1.82) is 0 Å². The van der Waals surface area contributed by atoms with Crippen molar-refractivity contribution < 1.29 is 9.13 Å². The first-order valence-electron chi connectivity index (χ1n) is 7.06. The summed E-state index contributed by atoms with van der Waals surface area (Å²) in [5, 5.41) is 3.27. The summed E-state index contributed by atoms with van der Waals surface area (Å²) >= 11 is 0. The molecular weight excluding hydrogens is 265 g/mol. The molecule has 1 unspecified atom stereocenters. The van der Waals surface area contributed by atoms with E-state index in [1.807, 2.05) is 33.0 Å². The highest BCUT2D eigenvalue weighted by atomic mass is 19.1. The molecule has 1 N–H and O–H groups in total. The van der Waals surface area contributed by atoms with Crippen LogP contribution in [0.5, 0.6) is 5.75 Å². The lowest BCUT2D eigenvalue weighted by Crippen LogP contribution is -2.18. The number of methoxy groups -OCH3 is 1. The van der Waals surface area contributed by atoms with Crippen molar-refractivity contribution in [3.05, 3.63) is 64.0 Å². The summed E-state index contributed by atoms with van der Waals surface area (Å²) in [4.78, 5) is 0. The Morgan fingerprint density at radius 2 is 1.57 bits per heavy atom. The molecule has 0 aliphatic heterocycles. The monoisotopic (exact) mass is 287 g/mol. The van der Waals surface area contributed by atoms with Gasteiger partial charge in [0.15, 0.2) is 0 Å². The van der Waals surface area contributed by atoms with E-state index in [4.69, 9.17) is 4.74 Å². The predicted molar refractivity (Wildman–Crippen MR) is 84.5 cm³/mol. The lowest BCUT2D eigenvalue weighted by atomic mass is 9.94. The summed E-state index contributed by atoms with van der Waals surface area (Å²) in [6, 6.07) is 9.52. The fourth-order valence-electron chi connectivity index (χ4n) is 2.79. The Morgan fingerprint density at radius 3 is 2.05 bits per heavy atom. The van der Waals surface area contributed by atoms with E-state index in [1.54, 1.807) is 20.1 Å². The second kappa shape index (κ2) is 6.27. The zero-order valence-corrected chi connectivity index (χ0v) is 13.3. The summed E-state index contributed by atoms with van der Waals surface area (Å²) in [5.74, 6) is 0.735. The van der Waals surface area contributed by atoms with E-state index >= 15 is 0 Å². The van der Waals surface area contributed by atoms with E-state index in [2.05, 4.69) is 17.4 Å². The molecule has 0 heterocycles. The average Bonchev–Trinajstić information content (AvgIpc) is 2.43. The Hall–Kier alpha value is -1.87. The van der Waals surface area contributed by atoms with E-state index in [0.29, 0.717) is 5.56 Å². The van der Waals surface area contributed by atoms with Crippen LogP contribution in [0.15, 0.2) is 30.3 Å². The van der Waals surface area contributed by atoms with Gasteiger partial charge in [0.2, 0.25) is 0 Å². The average molecular weight is 287 g/mol. The number of rotatable bonds is 4. The largest absolute Gasteiger partial charge is 0.496 e. The zero-order chi connectivity index (χ0) is 15.6. The minimum Gasteiger partial charge on any atom is -0.496 e. The molecule has 0 saturated heterocycles. The highest BCUT2D eigenvalue weighted by Crippen LogP contribution is 2.30. The Labute approximate surface area is 126 Å². The minimum absolute atomic E-state index is 0.0385. The molecule has 0 aliphatic rings. The molecule has 0 radical (unpaired) electrons. The van der Waals surface area contributed by atoms with E-state index in [9.17, 15) is 4.39 Å². The first-order chi connectivity index (χ1) is 9.97. The predicted octanol–water partition coefficient (Wildman–Crippen LogP) is 4.07. The van der Waals surface area contributed by atoms with Crippen LogP contribution >= 0.6 is 0 Å². The highest BCUT2D eigenvalue weighted by Gasteiger charge is 2.16. The van der Waals surface area contributed by atoms with Gasteiger partial charge in [-0.05, 0) is 61.7 Å². The molecule has 0 bridgehead atoms. The summed E-state index contributed by atoms with van der Waals surface area (Å²) in [6.07, 6.45) is 0. The van der Waals surface area contributed by atoms with Crippen molar-refractivity contribution in [2.45, 2.75) is 26.8 Å². The summed E-state index contributed by atoms with van der Waals surface area (Å²) in [6.45, 7) is 5.82. The third-order valence-electron chi connectivity index (χ3n) is 3.84. The molecule has 0 saturated carbocycles. The molecule has 2 aromatic rings. The molecule has 0 aliphatic carbocycles. The number of halogens is 1. The van der Waals surface area contributed by atoms with Gasteiger partial charge in [-0.3, -0.25) is 0 Å². The van der Waals surface area contributed by atoms with E-state index in [0.717, 1.165) is 28.0 Å². The number of benzene rings is 2. The topological polar surface area (TPSA) is 21.3 Å². The van der Waals surface area contributed by atoms with Crippen LogP contribution in [0.1, 0.15) is 33.9 Å². The van der Waals surface area contributed by atoms with Gasteiger partial charge in [0.05, 0.1) is 13.2 Å². The van der Waals surface area contributed by atoms with Crippen LogP contribution in [-0.2, 0) is 0 Å². The maximum absolute atomic E-state index is 13.8. The number of aryl methyl sites for hydroxylation is 3. The van der Waals surface area contributed by atoms with Crippen molar-refractivity contribution in [3.63, 3.8) is 0 Å². The summed E-state index contributed by atoms with van der Waals surface area (Å²) in [7, 11) is 3.57. The number of nitrogens with one attached hydrogen (secondary N) is 1. The van der Waals surface area contributed by atoms with E-state index in [1.165, 1.54) is 0 Å². The Kier molecular flexibility index (Phi) is 4.63. The first kappa shape index (κ1) is 15.5. The SMILES string of the molecule is CNC(c1cc(C)c(OC)c(C)c1)c1ccc(C)c(F)c1. The van der Waals surface area contributed by atoms with Gasteiger partial charge < -0.3 is 10.1 Å². The van der Waals surface area contributed by atoms with E-state index in [-0.39, 0.29) is 11.9 Å². The van der Waals surface area contributed by atoms with Gasteiger partial charge in [0.25, 0.3) is 0 Å². The summed E-state index contributed by atoms with van der Waals surface area (Å²) in [5.41, 5.74) is 4.86. The normalized spacial score (nSPS) is 12.3. The highest BCUT2D eigenvalue weighted by molar-refractivity contribution is 5.46. The van der Waals surface area contributed by atoms with Crippen LogP contribution in [0.3, 0.4) is 0 Å². The minimum atomic E-state index is -0.172. The van der Waals surface area contributed by atoms with Crippen LogP contribution in [0.25, 0.3) is 0 Å². The lowest BCUT2D eigenvalue weighted by Gasteiger charge is -2.20. The van der Waals surface area contributed by atoms with Crippen molar-refractivity contribution in [2.24, 2.45) is 0 Å². The maximum Gasteiger partial charge on any atom is 0.126 e. The van der Waals surface area contributed by atoms with Crippen LogP contribution in [0.4, 0.5) is 4.39 Å². The molecule has 2 aromatic carbocycles. The first-order valence-corrected chi connectivity index (χ1v) is 7.06. The third kappa shape index (κ3) is 3.08. The standard InChI is InChI=1S/C18H22FNO/c1-11-6-7-14(10-16(11)19)17(20-4)15-8-12(2)18(21-5)13(3)9-15/h6-10,17,20H,1-5H3. The zero-order valence-electron chi connectivity index (χ0n) is 13.3. The van der Waals surface area contributed by atoms with Crippen molar-refractivity contribution >= 4 is 0 Å². The van der Waals surface area contributed by atoms with Gasteiger partial charge in [-0.2, -0.15) is 0 Å². The molecular formula is C18H22FNO. The van der Waals surface area contributed by atoms with Gasteiger partial charge >= 0.3 is 0 Å². The van der Waals surface area contributed by atoms with Crippen LogP contribution in [0, 0.1) is 26.6 Å². The summed E-state index contributed by atoms with van der Waals surface area (Å²) < 4.78 is 19.2. The molecule has 112 valence electrons. The van der Waals surface area contributed by atoms with Gasteiger partial charge in [0.1, 0.15) is 11.6 Å². The van der Waals surface area contributed by atoms with E-state index < -0.39 is 0 Å². The number of hydrogen-bond donors (Lipinski definition) is 1. The van der Waals surface area contributed by atoms with Crippen LogP contribution in [-0.4, -0.2) is 14.2 Å². The second-order valence-electron chi connectivity index (χ2n) is 5.42. The van der Waals surface area contributed by atoms with Gasteiger partial charge in [0, 0.05) is 0 Å². The Bertz CT molecular complexity index is 629. The van der Waals surface area contributed by atoms with Gasteiger partial charge in [-0.15, -0.1) is 0 Å². The van der Waals surface area contributed by atoms with Crippen LogP contribution < -0.4 is 10.1 Å². The Morgan fingerprint density at radius 1 is 0.952 bits per heavy atom. The lowest BCUT2D eigenvalue weighted by molar-refractivity contribution is 0.408. The molecule has 21 heavy (non-hydrogen) atoms. The molecule has 0 amide bonds. The molecule has 3 heteroatoms. The smallest absolute Gasteiger partial charge is 0.126 e. The van der Waals surface area contributed by atoms with Crippen LogP contribution in [0.2, 0.25) is 0 Å². The fourth-order valence-corrected chi connectivity index (χ4v) is 2.79. The van der Waals surface area contributed by atoms with Gasteiger partial charge in [-0.25, -0.2) is 4.39 Å². The molecule has 0 spiro atoms.